The molecule has 4 unspecified atom stereocenters. The Bertz CT molecular complexity index is 804. The first-order valence-corrected chi connectivity index (χ1v) is 9.36. The van der Waals surface area contributed by atoms with E-state index < -0.39 is 5.95 Å². The van der Waals surface area contributed by atoms with Crippen LogP contribution in [0.3, 0.4) is 0 Å². The Labute approximate surface area is 155 Å². The Morgan fingerprint density at radius 3 is 2.58 bits per heavy atom. The van der Waals surface area contributed by atoms with Gasteiger partial charge in [-0.1, -0.05) is 19.9 Å². The van der Waals surface area contributed by atoms with E-state index in [-0.39, 0.29) is 23.7 Å². The van der Waals surface area contributed by atoms with E-state index in [1.54, 1.807) is 0 Å². The second kappa shape index (κ2) is 7.56. The Kier molecular flexibility index (Phi) is 5.40. The summed E-state index contributed by atoms with van der Waals surface area (Å²) in [6.07, 6.45) is 3.43. The van der Waals surface area contributed by atoms with E-state index in [0.29, 0.717) is 5.92 Å². The molecule has 1 aromatic heterocycles. The molecule has 0 aliphatic heterocycles. The number of rotatable bonds is 3. The van der Waals surface area contributed by atoms with Crippen molar-refractivity contribution >= 4 is 11.6 Å². The summed E-state index contributed by atoms with van der Waals surface area (Å²) in [5, 5.41) is 3.10. The number of hydrogen-bond acceptors (Lipinski definition) is 2. The lowest BCUT2D eigenvalue weighted by Crippen LogP contribution is -2.39. The van der Waals surface area contributed by atoms with Crippen LogP contribution >= 0.6 is 0 Å². The molecule has 0 bridgehead atoms. The molecule has 0 radical (unpaired) electrons. The van der Waals surface area contributed by atoms with Gasteiger partial charge in [0.05, 0.1) is 0 Å². The Morgan fingerprint density at radius 1 is 1.12 bits per heavy atom. The van der Waals surface area contributed by atoms with Gasteiger partial charge in [0, 0.05) is 17.8 Å². The van der Waals surface area contributed by atoms with Crippen LogP contribution < -0.4 is 5.32 Å². The van der Waals surface area contributed by atoms with Gasteiger partial charge in [-0.25, -0.2) is 4.98 Å². The van der Waals surface area contributed by atoms with Crippen molar-refractivity contribution < 1.29 is 9.18 Å². The number of halogens is 1. The van der Waals surface area contributed by atoms with Crippen molar-refractivity contribution in [3.63, 3.8) is 0 Å². The van der Waals surface area contributed by atoms with Crippen LogP contribution in [0.1, 0.15) is 49.3 Å². The summed E-state index contributed by atoms with van der Waals surface area (Å²) < 4.78 is 13.6. The molecule has 1 aliphatic carbocycles. The molecule has 1 heterocycles. The number of aromatic nitrogens is 1. The molecule has 1 aliphatic rings. The van der Waals surface area contributed by atoms with Gasteiger partial charge in [-0.3, -0.25) is 4.79 Å². The number of nitrogens with one attached hydrogen (secondary N) is 1. The first kappa shape index (κ1) is 18.6. The summed E-state index contributed by atoms with van der Waals surface area (Å²) in [4.78, 5) is 16.8. The average Bonchev–Trinajstić information content (AvgIpc) is 2.60. The lowest BCUT2D eigenvalue weighted by atomic mass is 9.65. The van der Waals surface area contributed by atoms with Gasteiger partial charge in [0.1, 0.15) is 0 Å². The highest BCUT2D eigenvalue weighted by Crippen LogP contribution is 2.44. The summed E-state index contributed by atoms with van der Waals surface area (Å²) in [7, 11) is 0. The third-order valence-corrected chi connectivity index (χ3v) is 6.09. The maximum Gasteiger partial charge on any atom is 0.228 e. The monoisotopic (exact) mass is 354 g/mol. The quantitative estimate of drug-likeness (QED) is 0.766. The molecular formula is C22H27FN2O. The van der Waals surface area contributed by atoms with Crippen molar-refractivity contribution in [1.82, 2.24) is 4.98 Å². The SMILES string of the molecule is Cc1ccc(NC(=O)C2C(c3ccnc(F)c3)CCC(C)C2C)cc1C. The van der Waals surface area contributed by atoms with Crippen LogP contribution in [0.4, 0.5) is 10.1 Å². The number of hydrogen-bond donors (Lipinski definition) is 1. The largest absolute Gasteiger partial charge is 0.326 e. The van der Waals surface area contributed by atoms with E-state index in [2.05, 4.69) is 31.1 Å². The third-order valence-electron chi connectivity index (χ3n) is 6.09. The highest BCUT2D eigenvalue weighted by Gasteiger charge is 2.40. The van der Waals surface area contributed by atoms with Crippen LogP contribution in [-0.4, -0.2) is 10.9 Å². The van der Waals surface area contributed by atoms with Gasteiger partial charge in [-0.2, -0.15) is 4.39 Å². The van der Waals surface area contributed by atoms with Gasteiger partial charge in [0.2, 0.25) is 11.9 Å². The van der Waals surface area contributed by atoms with Gasteiger partial charge in [-0.05, 0) is 85.4 Å². The van der Waals surface area contributed by atoms with Crippen molar-refractivity contribution in [2.75, 3.05) is 5.32 Å². The summed E-state index contributed by atoms with van der Waals surface area (Å²) in [5.41, 5.74) is 4.05. The number of carbonyl (C=O) groups is 1. The lowest BCUT2D eigenvalue weighted by Gasteiger charge is -2.39. The van der Waals surface area contributed by atoms with E-state index in [1.165, 1.54) is 17.8 Å². The standard InChI is InChI=1S/C22H27FN2O/c1-13-5-7-18(11-15(13)3)25-22(26)21-16(4)14(2)6-8-19(21)17-9-10-24-20(23)12-17/h5,7,9-12,14,16,19,21H,6,8H2,1-4H3,(H,25,26). The fourth-order valence-corrected chi connectivity index (χ4v) is 4.09. The zero-order valence-electron chi connectivity index (χ0n) is 15.9. The molecule has 4 atom stereocenters. The fourth-order valence-electron chi connectivity index (χ4n) is 4.09. The summed E-state index contributed by atoms with van der Waals surface area (Å²) in [6.45, 7) is 8.43. The van der Waals surface area contributed by atoms with Crippen LogP contribution in [0.5, 0.6) is 0 Å². The van der Waals surface area contributed by atoms with E-state index in [4.69, 9.17) is 0 Å². The minimum absolute atomic E-state index is 0.0187. The first-order valence-electron chi connectivity index (χ1n) is 9.36. The molecule has 3 nitrogen and oxygen atoms in total. The Hall–Kier alpha value is -2.23. The smallest absolute Gasteiger partial charge is 0.228 e. The summed E-state index contributed by atoms with van der Waals surface area (Å²) >= 11 is 0. The second-order valence-corrected chi connectivity index (χ2v) is 7.75. The molecule has 1 fully saturated rings. The van der Waals surface area contributed by atoms with E-state index in [9.17, 15) is 9.18 Å². The summed E-state index contributed by atoms with van der Waals surface area (Å²) in [5.74, 6) is 0.0778. The number of amides is 1. The number of benzene rings is 1. The average molecular weight is 354 g/mol. The minimum Gasteiger partial charge on any atom is -0.326 e. The molecule has 4 heteroatoms. The highest BCUT2D eigenvalue weighted by molar-refractivity contribution is 5.93. The van der Waals surface area contributed by atoms with Crippen molar-refractivity contribution in [2.45, 2.75) is 46.5 Å². The summed E-state index contributed by atoms with van der Waals surface area (Å²) in [6, 6.07) is 9.29. The number of aryl methyl sites for hydroxylation is 2. The number of carbonyl (C=O) groups excluding carboxylic acids is 1. The van der Waals surface area contributed by atoms with Crippen molar-refractivity contribution in [3.8, 4) is 0 Å². The first-order chi connectivity index (χ1) is 12.4. The molecule has 0 saturated heterocycles. The Balaban J connectivity index is 1.88. The molecule has 1 aromatic carbocycles. The zero-order chi connectivity index (χ0) is 18.8. The maximum atomic E-state index is 13.6. The molecule has 2 aromatic rings. The number of pyridine rings is 1. The normalized spacial score (nSPS) is 25.7. The molecule has 0 spiro atoms. The molecule has 1 amide bonds. The van der Waals surface area contributed by atoms with Crippen molar-refractivity contribution in [2.24, 2.45) is 17.8 Å². The van der Waals surface area contributed by atoms with E-state index >= 15 is 0 Å². The van der Waals surface area contributed by atoms with Crippen LogP contribution in [0.15, 0.2) is 36.5 Å². The predicted octanol–water partition coefficient (Wildman–Crippen LogP) is 5.24. The molecule has 1 saturated carbocycles. The van der Waals surface area contributed by atoms with Gasteiger partial charge >= 0.3 is 0 Å². The van der Waals surface area contributed by atoms with Crippen molar-refractivity contribution in [1.29, 1.82) is 0 Å². The second-order valence-electron chi connectivity index (χ2n) is 7.75. The Morgan fingerprint density at radius 2 is 1.88 bits per heavy atom. The number of anilines is 1. The molecule has 1 N–H and O–H groups in total. The highest BCUT2D eigenvalue weighted by atomic mass is 19.1. The van der Waals surface area contributed by atoms with E-state index in [1.807, 2.05) is 31.2 Å². The predicted molar refractivity (Wildman–Crippen MR) is 103 cm³/mol. The lowest BCUT2D eigenvalue weighted by molar-refractivity contribution is -0.124. The van der Waals surface area contributed by atoms with Crippen LogP contribution in [0, 0.1) is 37.5 Å². The van der Waals surface area contributed by atoms with Crippen LogP contribution in [0.2, 0.25) is 0 Å². The minimum atomic E-state index is -0.484. The fraction of sp³-hybridized carbons (Fsp3) is 0.455. The van der Waals surface area contributed by atoms with Crippen LogP contribution in [0.25, 0.3) is 0 Å². The van der Waals surface area contributed by atoms with Gasteiger partial charge in [0.25, 0.3) is 0 Å². The van der Waals surface area contributed by atoms with Gasteiger partial charge < -0.3 is 5.32 Å². The van der Waals surface area contributed by atoms with Crippen LogP contribution in [-0.2, 0) is 4.79 Å². The molecule has 3 rings (SSSR count). The van der Waals surface area contributed by atoms with Gasteiger partial charge in [0.15, 0.2) is 0 Å². The topological polar surface area (TPSA) is 42.0 Å². The van der Waals surface area contributed by atoms with Gasteiger partial charge in [-0.15, -0.1) is 0 Å². The number of nitrogens with zero attached hydrogens (tertiary/aromatic N) is 1. The van der Waals surface area contributed by atoms with Crippen molar-refractivity contribution in [3.05, 3.63) is 59.2 Å². The zero-order valence-corrected chi connectivity index (χ0v) is 15.9. The maximum absolute atomic E-state index is 13.6. The third kappa shape index (κ3) is 3.79. The molecule has 138 valence electrons. The molecular weight excluding hydrogens is 327 g/mol. The molecule has 26 heavy (non-hydrogen) atoms. The van der Waals surface area contributed by atoms with E-state index in [0.717, 1.165) is 29.7 Å².